The largest absolute Gasteiger partial charge is 0.508 e. The Morgan fingerprint density at radius 3 is 2.29 bits per heavy atom. The van der Waals surface area contributed by atoms with Gasteiger partial charge < -0.3 is 24.4 Å². The van der Waals surface area contributed by atoms with Crippen LogP contribution in [-0.2, 0) is 4.74 Å². The van der Waals surface area contributed by atoms with E-state index in [2.05, 4.69) is 20.0 Å². The lowest BCUT2D eigenvalue weighted by molar-refractivity contribution is 0.103. The summed E-state index contributed by atoms with van der Waals surface area (Å²) in [6.45, 7) is 0. The molecule has 0 aliphatic carbocycles. The maximum Gasteiger partial charge on any atom is 0.413 e. The normalized spacial score (nSPS) is 10.6. The van der Waals surface area contributed by atoms with Crippen LogP contribution in [0.5, 0.6) is 11.5 Å². The SMILES string of the molecule is COC(=O)Nc1nc2ccc(C(=O)c3ccccc3)cc2[nH]1.O=c1cc(-c2ccccc2)oc2cc(O)cc(O)c12. The van der Waals surface area contributed by atoms with Crippen molar-refractivity contribution in [3.8, 4) is 22.8 Å². The number of fused-ring (bicyclic) bond motifs is 2. The molecule has 2 heterocycles. The number of imidazole rings is 1. The molecule has 10 nitrogen and oxygen atoms in total. The van der Waals surface area contributed by atoms with Gasteiger partial charge in [0, 0.05) is 34.9 Å². The third-order valence-electron chi connectivity index (χ3n) is 6.04. The summed E-state index contributed by atoms with van der Waals surface area (Å²) >= 11 is 0. The first-order chi connectivity index (χ1) is 19.8. The van der Waals surface area contributed by atoms with Crippen molar-refractivity contribution in [1.29, 1.82) is 0 Å². The zero-order valence-corrected chi connectivity index (χ0v) is 21.6. The van der Waals surface area contributed by atoms with Crippen molar-refractivity contribution < 1.29 is 29.0 Å². The van der Waals surface area contributed by atoms with E-state index in [1.807, 2.05) is 48.5 Å². The van der Waals surface area contributed by atoms with Gasteiger partial charge in [0.2, 0.25) is 5.95 Å². The minimum atomic E-state index is -0.611. The minimum Gasteiger partial charge on any atom is -0.508 e. The van der Waals surface area contributed by atoms with Crippen LogP contribution in [-0.4, -0.2) is 39.2 Å². The van der Waals surface area contributed by atoms with E-state index in [1.165, 1.54) is 19.2 Å². The molecule has 0 aliphatic rings. The van der Waals surface area contributed by atoms with Crippen molar-refractivity contribution in [3.63, 3.8) is 0 Å². The van der Waals surface area contributed by atoms with Gasteiger partial charge in [-0.1, -0.05) is 60.7 Å². The molecule has 6 rings (SSSR count). The summed E-state index contributed by atoms with van der Waals surface area (Å²) in [4.78, 5) is 42.7. The quantitative estimate of drug-likeness (QED) is 0.200. The van der Waals surface area contributed by atoms with Crippen LogP contribution in [0.1, 0.15) is 15.9 Å². The number of aromatic nitrogens is 2. The lowest BCUT2D eigenvalue weighted by Crippen LogP contribution is -2.11. The Morgan fingerprint density at radius 2 is 1.59 bits per heavy atom. The Hall–Kier alpha value is -5.90. The van der Waals surface area contributed by atoms with Gasteiger partial charge in [-0.3, -0.25) is 14.9 Å². The summed E-state index contributed by atoms with van der Waals surface area (Å²) in [5.74, 6) is 0.149. The topological polar surface area (TPSA) is 155 Å². The van der Waals surface area contributed by atoms with Crippen LogP contribution in [0.3, 0.4) is 0 Å². The van der Waals surface area contributed by atoms with Crippen LogP contribution in [0.15, 0.2) is 106 Å². The lowest BCUT2D eigenvalue weighted by atomic mass is 10.0. The molecule has 1 amide bonds. The van der Waals surface area contributed by atoms with Gasteiger partial charge in [0.15, 0.2) is 11.2 Å². The van der Waals surface area contributed by atoms with E-state index in [1.54, 1.807) is 30.3 Å². The highest BCUT2D eigenvalue weighted by Gasteiger charge is 2.13. The molecule has 0 radical (unpaired) electrons. The molecule has 0 unspecified atom stereocenters. The van der Waals surface area contributed by atoms with Crippen LogP contribution < -0.4 is 10.7 Å². The molecule has 204 valence electrons. The number of rotatable bonds is 4. The van der Waals surface area contributed by atoms with Crippen LogP contribution in [0, 0.1) is 0 Å². The second-order valence-electron chi connectivity index (χ2n) is 8.81. The molecule has 0 saturated heterocycles. The van der Waals surface area contributed by atoms with Gasteiger partial charge in [-0.2, -0.15) is 0 Å². The molecule has 41 heavy (non-hydrogen) atoms. The fourth-order valence-corrected chi connectivity index (χ4v) is 4.11. The predicted molar refractivity (Wildman–Crippen MR) is 153 cm³/mol. The number of aromatic hydroxyl groups is 2. The number of ketones is 1. The number of hydrogen-bond acceptors (Lipinski definition) is 8. The van der Waals surface area contributed by atoms with Crippen LogP contribution in [0.25, 0.3) is 33.3 Å². The molecule has 0 atom stereocenters. The number of carbonyl (C=O) groups excluding carboxylic acids is 2. The minimum absolute atomic E-state index is 0.0671. The molecule has 6 aromatic rings. The number of amides is 1. The molecule has 0 aliphatic heterocycles. The number of anilines is 1. The maximum absolute atomic E-state index is 12.4. The van der Waals surface area contributed by atoms with Crippen molar-refractivity contribution in [2.75, 3.05) is 12.4 Å². The van der Waals surface area contributed by atoms with Crippen molar-refractivity contribution in [1.82, 2.24) is 9.97 Å². The fraction of sp³-hybridized carbons (Fsp3) is 0.0323. The molecule has 4 N–H and O–H groups in total. The van der Waals surface area contributed by atoms with Gasteiger partial charge in [-0.25, -0.2) is 9.78 Å². The van der Waals surface area contributed by atoms with E-state index in [0.717, 1.165) is 11.6 Å². The zero-order valence-electron chi connectivity index (χ0n) is 21.6. The zero-order chi connectivity index (χ0) is 28.9. The van der Waals surface area contributed by atoms with Gasteiger partial charge in [-0.05, 0) is 18.2 Å². The molecule has 0 spiro atoms. The van der Waals surface area contributed by atoms with Gasteiger partial charge >= 0.3 is 6.09 Å². The first kappa shape index (κ1) is 26.7. The summed E-state index contributed by atoms with van der Waals surface area (Å²) in [6, 6.07) is 27.1. The summed E-state index contributed by atoms with van der Waals surface area (Å²) < 4.78 is 10.1. The number of nitrogens with one attached hydrogen (secondary N) is 2. The molecule has 0 saturated carbocycles. The summed E-state index contributed by atoms with van der Waals surface area (Å²) in [5.41, 5.74) is 3.04. The Kier molecular flexibility index (Phi) is 7.46. The summed E-state index contributed by atoms with van der Waals surface area (Å²) in [7, 11) is 1.27. The molecular weight excluding hydrogens is 526 g/mol. The van der Waals surface area contributed by atoms with Gasteiger partial charge in [-0.15, -0.1) is 0 Å². The van der Waals surface area contributed by atoms with Gasteiger partial charge in [0.05, 0.1) is 18.1 Å². The Bertz CT molecular complexity index is 1930. The number of phenolic OH excluding ortho intramolecular Hbond substituents is 2. The average molecular weight is 550 g/mol. The van der Waals surface area contributed by atoms with Crippen molar-refractivity contribution in [2.24, 2.45) is 0 Å². The van der Waals surface area contributed by atoms with Crippen molar-refractivity contribution in [2.45, 2.75) is 0 Å². The average Bonchev–Trinajstić information content (AvgIpc) is 3.38. The molecule has 0 fully saturated rings. The van der Waals surface area contributed by atoms with Crippen LogP contribution in [0.2, 0.25) is 0 Å². The summed E-state index contributed by atoms with van der Waals surface area (Å²) in [6.07, 6.45) is -0.611. The molecule has 2 aromatic heterocycles. The van der Waals surface area contributed by atoms with Crippen molar-refractivity contribution >= 4 is 39.8 Å². The van der Waals surface area contributed by atoms with E-state index >= 15 is 0 Å². The summed E-state index contributed by atoms with van der Waals surface area (Å²) in [5, 5.41) is 21.6. The number of hydrogen-bond donors (Lipinski definition) is 4. The molecule has 10 heteroatoms. The number of ether oxygens (including phenoxy) is 1. The van der Waals surface area contributed by atoms with Crippen molar-refractivity contribution in [3.05, 3.63) is 118 Å². The molecular formula is C31H23N3O7. The highest BCUT2D eigenvalue weighted by Crippen LogP contribution is 2.30. The second kappa shape index (κ2) is 11.5. The maximum atomic E-state index is 12.4. The van der Waals surface area contributed by atoms with Crippen LogP contribution >= 0.6 is 0 Å². The van der Waals surface area contributed by atoms with Crippen LogP contribution in [0.4, 0.5) is 10.7 Å². The first-order valence-electron chi connectivity index (χ1n) is 12.3. The number of methoxy groups -OCH3 is 1. The van der Waals surface area contributed by atoms with E-state index in [0.29, 0.717) is 27.9 Å². The fourth-order valence-electron chi connectivity index (χ4n) is 4.11. The number of aromatic amines is 1. The standard InChI is InChI=1S/C16H13N3O3.C15H10O4/c1-22-16(21)19-15-17-12-8-7-11(9-13(12)18-15)14(20)10-5-3-2-4-6-10;16-10-6-11(17)15-12(18)8-13(19-14(15)7-10)9-4-2-1-3-5-9/h2-9H,1H3,(H2,17,18,19,21);1-8,16-17H. The number of nitrogens with zero attached hydrogens (tertiary/aromatic N) is 1. The molecule has 0 bridgehead atoms. The number of phenols is 2. The first-order valence-corrected chi connectivity index (χ1v) is 12.3. The third kappa shape index (κ3) is 5.91. The predicted octanol–water partition coefficient (Wildman–Crippen LogP) is 5.84. The third-order valence-corrected chi connectivity index (χ3v) is 6.04. The van der Waals surface area contributed by atoms with Gasteiger partial charge in [0.1, 0.15) is 28.2 Å². The Morgan fingerprint density at radius 1 is 0.878 bits per heavy atom. The van der Waals surface area contributed by atoms with E-state index in [9.17, 15) is 24.6 Å². The lowest BCUT2D eigenvalue weighted by Gasteiger charge is -2.04. The number of H-pyrrole nitrogens is 1. The van der Waals surface area contributed by atoms with E-state index < -0.39 is 6.09 Å². The highest BCUT2D eigenvalue weighted by molar-refractivity contribution is 6.10. The molecule has 4 aromatic carbocycles. The number of carbonyl (C=O) groups is 2. The van der Waals surface area contributed by atoms with E-state index in [4.69, 9.17) is 4.42 Å². The smallest absolute Gasteiger partial charge is 0.413 e. The number of benzene rings is 4. The van der Waals surface area contributed by atoms with E-state index in [-0.39, 0.29) is 39.6 Å². The second-order valence-corrected chi connectivity index (χ2v) is 8.81. The Balaban J connectivity index is 0.000000166. The van der Waals surface area contributed by atoms with Gasteiger partial charge in [0.25, 0.3) is 0 Å². The highest BCUT2D eigenvalue weighted by atomic mass is 16.5. The Labute approximate surface area is 232 Å². The monoisotopic (exact) mass is 549 g/mol.